The van der Waals surface area contributed by atoms with E-state index in [4.69, 9.17) is 9.15 Å². The summed E-state index contributed by atoms with van der Waals surface area (Å²) in [4.78, 5) is 21.2. The fraction of sp³-hybridized carbons (Fsp3) is 0.0952. The molecule has 0 radical (unpaired) electrons. The van der Waals surface area contributed by atoms with Gasteiger partial charge in [0.2, 0.25) is 5.89 Å². The molecular weight excluding hydrogens is 360 g/mol. The molecule has 2 aromatic carbocycles. The second-order valence-electron chi connectivity index (χ2n) is 5.88. The number of ether oxygens (including phenoxy) is 1. The van der Waals surface area contributed by atoms with Gasteiger partial charge in [-0.3, -0.25) is 0 Å². The number of benzene rings is 2. The van der Waals surface area contributed by atoms with Gasteiger partial charge in [0, 0.05) is 16.5 Å². The third-order valence-electron chi connectivity index (χ3n) is 3.93. The van der Waals surface area contributed by atoms with Gasteiger partial charge in [-0.1, -0.05) is 48.5 Å². The normalized spacial score (nSPS) is 10.7. The first kappa shape index (κ1) is 17.2. The fourth-order valence-electron chi connectivity index (χ4n) is 2.58. The molecule has 0 fully saturated rings. The Balaban J connectivity index is 1.45. The number of aryl methyl sites for hydroxylation is 1. The minimum atomic E-state index is -0.521. The van der Waals surface area contributed by atoms with Crippen molar-refractivity contribution >= 4 is 17.3 Å². The number of thiazole rings is 1. The molecule has 0 spiro atoms. The molecule has 2 heterocycles. The van der Waals surface area contributed by atoms with E-state index in [1.165, 1.54) is 11.3 Å². The maximum Gasteiger partial charge on any atom is 0.361 e. The van der Waals surface area contributed by atoms with E-state index in [1.54, 1.807) is 6.92 Å². The van der Waals surface area contributed by atoms with Crippen LogP contribution in [0.3, 0.4) is 0 Å². The number of rotatable bonds is 5. The minimum absolute atomic E-state index is 0.0924. The highest BCUT2D eigenvalue weighted by Gasteiger charge is 2.20. The van der Waals surface area contributed by atoms with Gasteiger partial charge in [0.05, 0.1) is 5.69 Å². The number of carbonyl (C=O) groups excluding carboxylic acids is 1. The van der Waals surface area contributed by atoms with Crippen LogP contribution in [0.1, 0.15) is 21.9 Å². The summed E-state index contributed by atoms with van der Waals surface area (Å²) in [6.45, 7) is 1.79. The van der Waals surface area contributed by atoms with Crippen LogP contribution in [0.4, 0.5) is 0 Å². The zero-order valence-corrected chi connectivity index (χ0v) is 15.4. The predicted octanol–water partition coefficient (Wildman–Crippen LogP) is 5.13. The van der Waals surface area contributed by atoms with Crippen LogP contribution in [0.15, 0.2) is 70.5 Å². The lowest BCUT2D eigenvalue weighted by Gasteiger charge is -2.00. The Morgan fingerprint density at radius 3 is 2.37 bits per heavy atom. The van der Waals surface area contributed by atoms with E-state index in [-0.39, 0.29) is 12.3 Å². The van der Waals surface area contributed by atoms with Crippen LogP contribution in [-0.2, 0) is 11.3 Å². The van der Waals surface area contributed by atoms with E-state index >= 15 is 0 Å². The summed E-state index contributed by atoms with van der Waals surface area (Å²) in [5.41, 5.74) is 2.75. The number of oxazole rings is 1. The van der Waals surface area contributed by atoms with E-state index in [2.05, 4.69) is 9.97 Å². The highest BCUT2D eigenvalue weighted by Crippen LogP contribution is 2.25. The van der Waals surface area contributed by atoms with Crippen molar-refractivity contribution in [2.24, 2.45) is 0 Å². The van der Waals surface area contributed by atoms with Crippen molar-refractivity contribution in [1.82, 2.24) is 9.97 Å². The molecule has 0 atom stereocenters. The molecule has 5 nitrogen and oxygen atoms in total. The maximum atomic E-state index is 12.4. The molecule has 0 amide bonds. The van der Waals surface area contributed by atoms with Crippen molar-refractivity contribution in [2.75, 3.05) is 0 Å². The first-order valence-corrected chi connectivity index (χ1v) is 9.28. The van der Waals surface area contributed by atoms with Gasteiger partial charge >= 0.3 is 5.97 Å². The Morgan fingerprint density at radius 1 is 1.00 bits per heavy atom. The average molecular weight is 376 g/mol. The molecule has 0 saturated carbocycles. The molecule has 0 bridgehead atoms. The SMILES string of the molecule is Cc1oc(-c2ccccc2)nc1C(=O)OCc1csc(-c2ccccc2)n1. The van der Waals surface area contributed by atoms with Crippen LogP contribution in [0, 0.1) is 6.92 Å². The Kier molecular flexibility index (Phi) is 4.80. The molecule has 0 aliphatic carbocycles. The number of esters is 1. The highest BCUT2D eigenvalue weighted by atomic mass is 32.1. The molecule has 0 unspecified atom stereocenters. The molecule has 0 N–H and O–H groups in total. The number of nitrogens with zero attached hydrogens (tertiary/aromatic N) is 2. The first-order chi connectivity index (χ1) is 13.2. The Morgan fingerprint density at radius 2 is 1.67 bits per heavy atom. The smallest absolute Gasteiger partial charge is 0.361 e. The van der Waals surface area contributed by atoms with E-state index in [9.17, 15) is 4.79 Å². The van der Waals surface area contributed by atoms with E-state index in [0.29, 0.717) is 17.3 Å². The van der Waals surface area contributed by atoms with Crippen molar-refractivity contribution in [2.45, 2.75) is 13.5 Å². The zero-order valence-electron chi connectivity index (χ0n) is 14.6. The molecular formula is C21H16N2O3S. The number of carbonyl (C=O) groups is 1. The summed E-state index contributed by atoms with van der Waals surface area (Å²) in [7, 11) is 0. The number of hydrogen-bond acceptors (Lipinski definition) is 6. The van der Waals surface area contributed by atoms with Gasteiger partial charge in [0.25, 0.3) is 0 Å². The molecule has 4 rings (SSSR count). The molecule has 2 aromatic heterocycles. The monoisotopic (exact) mass is 376 g/mol. The summed E-state index contributed by atoms with van der Waals surface area (Å²) in [6, 6.07) is 19.3. The average Bonchev–Trinajstić information content (AvgIpc) is 3.34. The molecule has 4 aromatic rings. The van der Waals surface area contributed by atoms with E-state index < -0.39 is 5.97 Å². The van der Waals surface area contributed by atoms with Gasteiger partial charge in [-0.25, -0.2) is 14.8 Å². The van der Waals surface area contributed by atoms with Crippen molar-refractivity contribution < 1.29 is 13.9 Å². The Hall–Kier alpha value is -3.25. The minimum Gasteiger partial charge on any atom is -0.454 e. The summed E-state index contributed by atoms with van der Waals surface area (Å²) >= 11 is 1.52. The van der Waals surface area contributed by atoms with Crippen LogP contribution < -0.4 is 0 Å². The van der Waals surface area contributed by atoms with Crippen molar-refractivity contribution in [3.05, 3.63) is 83.2 Å². The van der Waals surface area contributed by atoms with Gasteiger partial charge in [-0.15, -0.1) is 11.3 Å². The van der Waals surface area contributed by atoms with Gasteiger partial charge in [-0.2, -0.15) is 0 Å². The quantitative estimate of drug-likeness (QED) is 0.452. The van der Waals surface area contributed by atoms with Gasteiger partial charge in [0.1, 0.15) is 17.4 Å². The standard InChI is InChI=1S/C21H16N2O3S/c1-14-18(23-19(26-14)15-8-4-2-5-9-15)21(24)25-12-17-13-27-20(22-17)16-10-6-3-7-11-16/h2-11,13H,12H2,1H3. The van der Waals surface area contributed by atoms with Crippen LogP contribution in [0.5, 0.6) is 0 Å². The number of hydrogen-bond donors (Lipinski definition) is 0. The second-order valence-corrected chi connectivity index (χ2v) is 6.73. The lowest BCUT2D eigenvalue weighted by Crippen LogP contribution is -2.07. The molecule has 0 aliphatic rings. The molecule has 0 saturated heterocycles. The van der Waals surface area contributed by atoms with Gasteiger partial charge in [-0.05, 0) is 19.1 Å². The van der Waals surface area contributed by atoms with Crippen molar-refractivity contribution in [3.63, 3.8) is 0 Å². The summed E-state index contributed by atoms with van der Waals surface area (Å²) in [6.07, 6.45) is 0. The summed E-state index contributed by atoms with van der Waals surface area (Å²) in [5.74, 6) is 0.315. The number of aromatic nitrogens is 2. The van der Waals surface area contributed by atoms with E-state index in [0.717, 1.165) is 16.1 Å². The first-order valence-electron chi connectivity index (χ1n) is 8.40. The van der Waals surface area contributed by atoms with Crippen molar-refractivity contribution in [3.8, 4) is 22.0 Å². The van der Waals surface area contributed by atoms with Crippen LogP contribution in [0.25, 0.3) is 22.0 Å². The third-order valence-corrected chi connectivity index (χ3v) is 4.87. The van der Waals surface area contributed by atoms with Crippen molar-refractivity contribution in [1.29, 1.82) is 0 Å². The van der Waals surface area contributed by atoms with Crippen LogP contribution in [-0.4, -0.2) is 15.9 Å². The Bertz CT molecular complexity index is 1060. The lowest BCUT2D eigenvalue weighted by atomic mass is 10.2. The largest absolute Gasteiger partial charge is 0.454 e. The molecule has 0 aliphatic heterocycles. The predicted molar refractivity (Wildman–Crippen MR) is 103 cm³/mol. The highest BCUT2D eigenvalue weighted by molar-refractivity contribution is 7.13. The Labute approximate surface area is 160 Å². The fourth-order valence-corrected chi connectivity index (χ4v) is 3.39. The maximum absolute atomic E-state index is 12.4. The molecule has 6 heteroatoms. The van der Waals surface area contributed by atoms with Crippen LogP contribution >= 0.6 is 11.3 Å². The van der Waals surface area contributed by atoms with E-state index in [1.807, 2.05) is 66.0 Å². The second kappa shape index (κ2) is 7.55. The third kappa shape index (κ3) is 3.80. The summed E-state index contributed by atoms with van der Waals surface area (Å²) in [5, 5.41) is 2.78. The van der Waals surface area contributed by atoms with Gasteiger partial charge in [0.15, 0.2) is 5.69 Å². The van der Waals surface area contributed by atoms with Gasteiger partial charge < -0.3 is 9.15 Å². The zero-order chi connectivity index (χ0) is 18.6. The summed E-state index contributed by atoms with van der Waals surface area (Å²) < 4.78 is 11.0. The lowest BCUT2D eigenvalue weighted by molar-refractivity contribution is 0.0460. The van der Waals surface area contributed by atoms with Crippen LogP contribution in [0.2, 0.25) is 0 Å². The topological polar surface area (TPSA) is 65.2 Å². The molecule has 134 valence electrons. The molecule has 27 heavy (non-hydrogen) atoms.